The van der Waals surface area contributed by atoms with Crippen LogP contribution in [0.5, 0.6) is 0 Å². The van der Waals surface area contributed by atoms with Crippen LogP contribution in [0.2, 0.25) is 0 Å². The third-order valence-corrected chi connectivity index (χ3v) is 2.54. The third-order valence-electron chi connectivity index (χ3n) is 2.54. The Balaban J connectivity index is 1.70. The van der Waals surface area contributed by atoms with Crippen molar-refractivity contribution in [3.05, 3.63) is 24.0 Å². The molecule has 14 heavy (non-hydrogen) atoms. The molecular formula is C11H18N2O. The van der Waals surface area contributed by atoms with E-state index in [1.165, 1.54) is 0 Å². The van der Waals surface area contributed by atoms with Crippen molar-refractivity contribution in [2.45, 2.75) is 18.9 Å². The van der Waals surface area contributed by atoms with Gasteiger partial charge < -0.3 is 15.4 Å². The van der Waals surface area contributed by atoms with Gasteiger partial charge in [-0.3, -0.25) is 0 Å². The maximum Gasteiger partial charge on any atom is 0.115 e. The minimum Gasteiger partial charge on any atom is -0.492 e. The number of allylic oxidation sites excluding steroid dienone is 3. The highest BCUT2D eigenvalue weighted by molar-refractivity contribution is 5.16. The minimum absolute atomic E-state index is 0.458. The largest absolute Gasteiger partial charge is 0.492 e. The van der Waals surface area contributed by atoms with Crippen LogP contribution in [0.4, 0.5) is 0 Å². The molecule has 3 heteroatoms. The zero-order chi connectivity index (χ0) is 9.64. The second-order valence-corrected chi connectivity index (χ2v) is 3.75. The number of piperazine rings is 1. The molecule has 0 radical (unpaired) electrons. The van der Waals surface area contributed by atoms with E-state index < -0.39 is 0 Å². The van der Waals surface area contributed by atoms with Gasteiger partial charge in [-0.25, -0.2) is 0 Å². The summed E-state index contributed by atoms with van der Waals surface area (Å²) in [6.45, 7) is 3.89. The summed E-state index contributed by atoms with van der Waals surface area (Å²) in [6.07, 6.45) is 8.66. The average Bonchev–Trinajstić information content (AvgIpc) is 2.29. The van der Waals surface area contributed by atoms with E-state index in [1.807, 2.05) is 0 Å². The van der Waals surface area contributed by atoms with Gasteiger partial charge in [0, 0.05) is 19.6 Å². The SMILES string of the molecule is C1=CC(OCC2CNCCN2)=CCC1. The fraction of sp³-hybridized carbons (Fsp3) is 0.636. The maximum atomic E-state index is 5.69. The quantitative estimate of drug-likeness (QED) is 0.697. The summed E-state index contributed by atoms with van der Waals surface area (Å²) >= 11 is 0. The molecule has 2 N–H and O–H groups in total. The van der Waals surface area contributed by atoms with Gasteiger partial charge in [-0.1, -0.05) is 6.08 Å². The van der Waals surface area contributed by atoms with Gasteiger partial charge in [-0.15, -0.1) is 0 Å². The van der Waals surface area contributed by atoms with Crippen LogP contribution in [-0.2, 0) is 4.74 Å². The number of hydrogen-bond acceptors (Lipinski definition) is 3. The number of rotatable bonds is 3. The van der Waals surface area contributed by atoms with E-state index in [2.05, 4.69) is 28.9 Å². The van der Waals surface area contributed by atoms with Gasteiger partial charge >= 0.3 is 0 Å². The van der Waals surface area contributed by atoms with Crippen LogP contribution in [0.3, 0.4) is 0 Å². The molecule has 0 amide bonds. The summed E-state index contributed by atoms with van der Waals surface area (Å²) in [6, 6.07) is 0.458. The Morgan fingerprint density at radius 1 is 1.36 bits per heavy atom. The van der Waals surface area contributed by atoms with Gasteiger partial charge in [-0.2, -0.15) is 0 Å². The van der Waals surface area contributed by atoms with Crippen molar-refractivity contribution in [1.82, 2.24) is 10.6 Å². The minimum atomic E-state index is 0.458. The third kappa shape index (κ3) is 2.86. The van der Waals surface area contributed by atoms with Crippen LogP contribution < -0.4 is 10.6 Å². The van der Waals surface area contributed by atoms with Crippen molar-refractivity contribution < 1.29 is 4.74 Å². The molecule has 0 spiro atoms. The first-order chi connectivity index (χ1) is 6.95. The first kappa shape index (κ1) is 9.74. The fourth-order valence-corrected chi connectivity index (χ4v) is 1.72. The molecule has 1 unspecified atom stereocenters. The summed E-state index contributed by atoms with van der Waals surface area (Å²) in [5.41, 5.74) is 0. The molecule has 78 valence electrons. The van der Waals surface area contributed by atoms with E-state index in [4.69, 9.17) is 4.74 Å². The van der Waals surface area contributed by atoms with Crippen molar-refractivity contribution in [3.63, 3.8) is 0 Å². The molecule has 1 atom stereocenters. The normalized spacial score (nSPS) is 27.1. The van der Waals surface area contributed by atoms with E-state index in [-0.39, 0.29) is 0 Å². The highest BCUT2D eigenvalue weighted by atomic mass is 16.5. The highest BCUT2D eigenvalue weighted by Crippen LogP contribution is 2.10. The molecule has 0 aromatic heterocycles. The van der Waals surface area contributed by atoms with Crippen LogP contribution in [0.25, 0.3) is 0 Å². The predicted octanol–water partition coefficient (Wildman–Crippen LogP) is 0.798. The first-order valence-corrected chi connectivity index (χ1v) is 5.39. The zero-order valence-corrected chi connectivity index (χ0v) is 8.46. The average molecular weight is 194 g/mol. The molecule has 1 aliphatic heterocycles. The van der Waals surface area contributed by atoms with E-state index in [0.29, 0.717) is 6.04 Å². The summed E-state index contributed by atoms with van der Waals surface area (Å²) in [4.78, 5) is 0. The van der Waals surface area contributed by atoms with Gasteiger partial charge in [0.25, 0.3) is 0 Å². The Morgan fingerprint density at radius 3 is 3.07 bits per heavy atom. The molecular weight excluding hydrogens is 176 g/mol. The van der Waals surface area contributed by atoms with Crippen LogP contribution >= 0.6 is 0 Å². The Hall–Kier alpha value is -0.800. The monoisotopic (exact) mass is 194 g/mol. The lowest BCUT2D eigenvalue weighted by Gasteiger charge is -2.24. The summed E-state index contributed by atoms with van der Waals surface area (Å²) in [5.74, 6) is 1.03. The molecule has 1 saturated heterocycles. The standard InChI is InChI=1S/C11H18N2O/c1-2-4-11(5-3-1)14-9-10-8-12-6-7-13-10/h2,4-5,10,12-13H,1,3,6-9H2. The van der Waals surface area contributed by atoms with Crippen LogP contribution in [0.15, 0.2) is 24.0 Å². The lowest BCUT2D eigenvalue weighted by molar-refractivity contribution is 0.178. The van der Waals surface area contributed by atoms with E-state index >= 15 is 0 Å². The van der Waals surface area contributed by atoms with Gasteiger partial charge in [0.05, 0.1) is 6.04 Å². The molecule has 2 aliphatic rings. The summed E-state index contributed by atoms with van der Waals surface area (Å²) < 4.78 is 5.69. The Labute approximate surface area is 85.2 Å². The van der Waals surface area contributed by atoms with Gasteiger partial charge in [0.2, 0.25) is 0 Å². The van der Waals surface area contributed by atoms with Crippen molar-refractivity contribution >= 4 is 0 Å². The Kier molecular flexibility index (Phi) is 3.60. The fourth-order valence-electron chi connectivity index (χ4n) is 1.72. The van der Waals surface area contributed by atoms with E-state index in [9.17, 15) is 0 Å². The van der Waals surface area contributed by atoms with E-state index in [0.717, 1.165) is 44.8 Å². The summed E-state index contributed by atoms with van der Waals surface area (Å²) in [7, 11) is 0. The number of hydrogen-bond donors (Lipinski definition) is 2. The number of ether oxygens (including phenoxy) is 1. The predicted molar refractivity (Wildman–Crippen MR) is 57.1 cm³/mol. The highest BCUT2D eigenvalue weighted by Gasteiger charge is 2.12. The van der Waals surface area contributed by atoms with Crippen molar-refractivity contribution in [2.75, 3.05) is 26.2 Å². The molecule has 0 saturated carbocycles. The lowest BCUT2D eigenvalue weighted by Crippen LogP contribution is -2.50. The maximum absolute atomic E-state index is 5.69. The molecule has 1 heterocycles. The smallest absolute Gasteiger partial charge is 0.115 e. The number of nitrogens with one attached hydrogen (secondary N) is 2. The molecule has 0 bridgehead atoms. The molecule has 1 aliphatic carbocycles. The van der Waals surface area contributed by atoms with Crippen LogP contribution in [-0.4, -0.2) is 32.3 Å². The van der Waals surface area contributed by atoms with Crippen molar-refractivity contribution in [2.24, 2.45) is 0 Å². The molecule has 1 fully saturated rings. The van der Waals surface area contributed by atoms with Crippen molar-refractivity contribution in [3.8, 4) is 0 Å². The molecule has 0 aromatic rings. The molecule has 3 nitrogen and oxygen atoms in total. The first-order valence-electron chi connectivity index (χ1n) is 5.39. The topological polar surface area (TPSA) is 33.3 Å². The van der Waals surface area contributed by atoms with Gasteiger partial charge in [-0.05, 0) is 25.0 Å². The molecule has 2 rings (SSSR count). The van der Waals surface area contributed by atoms with E-state index in [1.54, 1.807) is 0 Å². The zero-order valence-electron chi connectivity index (χ0n) is 8.46. The van der Waals surface area contributed by atoms with Crippen LogP contribution in [0, 0.1) is 0 Å². The second-order valence-electron chi connectivity index (χ2n) is 3.75. The summed E-state index contributed by atoms with van der Waals surface area (Å²) in [5, 5.41) is 6.76. The van der Waals surface area contributed by atoms with Gasteiger partial charge in [0.15, 0.2) is 0 Å². The van der Waals surface area contributed by atoms with Gasteiger partial charge in [0.1, 0.15) is 12.4 Å². The molecule has 0 aromatic carbocycles. The lowest BCUT2D eigenvalue weighted by atomic mass is 10.2. The Bertz CT molecular complexity index is 229. The second kappa shape index (κ2) is 5.17. The Morgan fingerprint density at radius 2 is 2.36 bits per heavy atom. The van der Waals surface area contributed by atoms with Crippen LogP contribution in [0.1, 0.15) is 12.8 Å². The van der Waals surface area contributed by atoms with Crippen molar-refractivity contribution in [1.29, 1.82) is 0 Å².